The zero-order valence-corrected chi connectivity index (χ0v) is 13.9. The molecule has 0 aliphatic carbocycles. The Morgan fingerprint density at radius 1 is 0.800 bits per heavy atom. The molecule has 20 heavy (non-hydrogen) atoms. The molecule has 1 rings (SSSR count). The molecule has 0 radical (unpaired) electrons. The third-order valence-corrected chi connectivity index (χ3v) is 4.35. The first-order chi connectivity index (χ1) is 9.75. The summed E-state index contributed by atoms with van der Waals surface area (Å²) in [6, 6.07) is 2.11. The minimum absolute atomic E-state index is 1.16. The van der Waals surface area contributed by atoms with Crippen LogP contribution < -0.4 is 0 Å². The first kappa shape index (κ1) is 17.2. The Balaban J connectivity index is 1.98. The molecule has 0 aliphatic heterocycles. The molecule has 0 spiro atoms. The molecule has 1 heteroatoms. The van der Waals surface area contributed by atoms with Crippen molar-refractivity contribution in [2.24, 2.45) is 0 Å². The van der Waals surface area contributed by atoms with Gasteiger partial charge in [-0.05, 0) is 43.9 Å². The van der Waals surface area contributed by atoms with Crippen molar-refractivity contribution in [1.29, 1.82) is 0 Å². The highest BCUT2D eigenvalue weighted by Crippen LogP contribution is 2.15. The molecule has 0 unspecified atom stereocenters. The Labute approximate surface area is 126 Å². The molecule has 0 aromatic carbocycles. The van der Waals surface area contributed by atoms with Crippen molar-refractivity contribution in [1.82, 2.24) is 4.98 Å². The molecule has 0 amide bonds. The monoisotopic (exact) mass is 275 g/mol. The number of unbranched alkanes of at least 4 members (excludes halogenated alkanes) is 9. The molecular formula is C19H33N. The van der Waals surface area contributed by atoms with Gasteiger partial charge in [0.1, 0.15) is 0 Å². The molecule has 1 nitrogen and oxygen atoms in total. The van der Waals surface area contributed by atoms with Gasteiger partial charge < -0.3 is 0 Å². The Morgan fingerprint density at radius 2 is 1.35 bits per heavy atom. The van der Waals surface area contributed by atoms with E-state index in [1.54, 1.807) is 0 Å². The Morgan fingerprint density at radius 3 is 1.95 bits per heavy atom. The van der Waals surface area contributed by atoms with Gasteiger partial charge in [0.15, 0.2) is 0 Å². The summed E-state index contributed by atoms with van der Waals surface area (Å²) in [6.45, 7) is 6.66. The van der Waals surface area contributed by atoms with Gasteiger partial charge in [0.2, 0.25) is 0 Å². The summed E-state index contributed by atoms with van der Waals surface area (Å²) < 4.78 is 0. The van der Waals surface area contributed by atoms with Crippen LogP contribution in [0.2, 0.25) is 0 Å². The second kappa shape index (κ2) is 10.9. The maximum Gasteiger partial charge on any atom is 0.0435 e. The summed E-state index contributed by atoms with van der Waals surface area (Å²) in [7, 11) is 0. The number of hydrogen-bond acceptors (Lipinski definition) is 1. The average molecular weight is 275 g/mol. The molecule has 0 atom stereocenters. The van der Waals surface area contributed by atoms with Crippen LogP contribution in [0.4, 0.5) is 0 Å². The van der Waals surface area contributed by atoms with Crippen LogP contribution in [0.15, 0.2) is 12.3 Å². The van der Waals surface area contributed by atoms with Crippen molar-refractivity contribution in [3.05, 3.63) is 29.1 Å². The molecule has 0 N–H and O–H groups in total. The molecule has 0 fully saturated rings. The van der Waals surface area contributed by atoms with Crippen LogP contribution in [0.1, 0.15) is 88.0 Å². The van der Waals surface area contributed by atoms with E-state index in [1.807, 2.05) is 6.20 Å². The van der Waals surface area contributed by atoms with Crippen molar-refractivity contribution >= 4 is 0 Å². The molecule has 0 saturated carbocycles. The number of rotatable bonds is 11. The van der Waals surface area contributed by atoms with Gasteiger partial charge >= 0.3 is 0 Å². The maximum atomic E-state index is 4.51. The lowest BCUT2D eigenvalue weighted by Crippen LogP contribution is -1.96. The summed E-state index contributed by atoms with van der Waals surface area (Å²) >= 11 is 0. The smallest absolute Gasteiger partial charge is 0.0435 e. The van der Waals surface area contributed by atoms with Gasteiger partial charge in [-0.25, -0.2) is 0 Å². The van der Waals surface area contributed by atoms with E-state index in [1.165, 1.54) is 81.0 Å². The molecule has 0 aliphatic rings. The summed E-state index contributed by atoms with van der Waals surface area (Å²) in [5, 5.41) is 0. The van der Waals surface area contributed by atoms with Gasteiger partial charge in [0.05, 0.1) is 0 Å². The number of nitrogens with zero attached hydrogens (tertiary/aromatic N) is 1. The number of aromatic nitrogens is 1. The van der Waals surface area contributed by atoms with Crippen LogP contribution in [0, 0.1) is 13.8 Å². The zero-order chi connectivity index (χ0) is 14.6. The highest BCUT2D eigenvalue weighted by molar-refractivity contribution is 5.27. The third kappa shape index (κ3) is 7.07. The zero-order valence-electron chi connectivity index (χ0n) is 13.9. The standard InChI is InChI=1S/C19H33N/c1-4-5-6-7-8-9-10-11-12-13-14-19-18(3)17(2)15-16-20-19/h15-16H,4-14H2,1-3H3. The Bertz CT molecular complexity index is 357. The quantitative estimate of drug-likeness (QED) is 0.441. The second-order valence-corrected chi connectivity index (χ2v) is 6.13. The number of pyridine rings is 1. The van der Waals surface area contributed by atoms with Crippen molar-refractivity contribution in [3.8, 4) is 0 Å². The van der Waals surface area contributed by atoms with Crippen molar-refractivity contribution in [2.45, 2.75) is 91.4 Å². The van der Waals surface area contributed by atoms with Crippen molar-refractivity contribution < 1.29 is 0 Å². The lowest BCUT2D eigenvalue weighted by molar-refractivity contribution is 0.555. The lowest BCUT2D eigenvalue weighted by atomic mass is 10.0. The summed E-state index contributed by atoms with van der Waals surface area (Å²) in [6.07, 6.45) is 17.1. The van der Waals surface area contributed by atoms with Crippen molar-refractivity contribution in [3.63, 3.8) is 0 Å². The fourth-order valence-corrected chi connectivity index (χ4v) is 2.72. The molecule has 114 valence electrons. The van der Waals surface area contributed by atoms with E-state index in [-0.39, 0.29) is 0 Å². The SMILES string of the molecule is CCCCCCCCCCCCc1nccc(C)c1C. The number of aryl methyl sites for hydroxylation is 2. The van der Waals surface area contributed by atoms with E-state index in [0.717, 1.165) is 6.42 Å². The predicted molar refractivity (Wildman–Crippen MR) is 89.3 cm³/mol. The predicted octanol–water partition coefficient (Wildman–Crippen LogP) is 6.16. The van der Waals surface area contributed by atoms with E-state index in [0.29, 0.717) is 0 Å². The molecule has 1 heterocycles. The fourth-order valence-electron chi connectivity index (χ4n) is 2.72. The van der Waals surface area contributed by atoms with E-state index in [2.05, 4.69) is 31.8 Å². The molecule has 0 saturated heterocycles. The van der Waals surface area contributed by atoms with Gasteiger partial charge in [-0.1, -0.05) is 64.7 Å². The van der Waals surface area contributed by atoms with Gasteiger partial charge in [0, 0.05) is 11.9 Å². The van der Waals surface area contributed by atoms with Gasteiger partial charge in [-0.3, -0.25) is 4.98 Å². The topological polar surface area (TPSA) is 12.9 Å². The largest absolute Gasteiger partial charge is 0.261 e. The minimum Gasteiger partial charge on any atom is -0.261 e. The highest BCUT2D eigenvalue weighted by Gasteiger charge is 2.01. The average Bonchev–Trinajstić information content (AvgIpc) is 2.45. The first-order valence-corrected chi connectivity index (χ1v) is 8.66. The van der Waals surface area contributed by atoms with Gasteiger partial charge in [0.25, 0.3) is 0 Å². The van der Waals surface area contributed by atoms with E-state index < -0.39 is 0 Å². The van der Waals surface area contributed by atoms with Gasteiger partial charge in [-0.2, -0.15) is 0 Å². The Kier molecular flexibility index (Phi) is 9.36. The van der Waals surface area contributed by atoms with Crippen LogP contribution in [0.5, 0.6) is 0 Å². The normalized spacial score (nSPS) is 10.9. The summed E-state index contributed by atoms with van der Waals surface area (Å²) in [4.78, 5) is 4.51. The molecule has 1 aromatic heterocycles. The summed E-state index contributed by atoms with van der Waals surface area (Å²) in [5.74, 6) is 0. The third-order valence-electron chi connectivity index (χ3n) is 4.35. The lowest BCUT2D eigenvalue weighted by Gasteiger charge is -2.07. The van der Waals surface area contributed by atoms with E-state index in [4.69, 9.17) is 0 Å². The van der Waals surface area contributed by atoms with Crippen LogP contribution in [-0.2, 0) is 6.42 Å². The van der Waals surface area contributed by atoms with Crippen LogP contribution in [0.3, 0.4) is 0 Å². The molecular weight excluding hydrogens is 242 g/mol. The molecule has 0 bridgehead atoms. The van der Waals surface area contributed by atoms with Crippen molar-refractivity contribution in [2.75, 3.05) is 0 Å². The van der Waals surface area contributed by atoms with Crippen LogP contribution in [-0.4, -0.2) is 4.98 Å². The number of hydrogen-bond donors (Lipinski definition) is 0. The second-order valence-electron chi connectivity index (χ2n) is 6.13. The maximum absolute atomic E-state index is 4.51. The fraction of sp³-hybridized carbons (Fsp3) is 0.737. The summed E-state index contributed by atoms with van der Waals surface area (Å²) in [5.41, 5.74) is 4.08. The van der Waals surface area contributed by atoms with Crippen LogP contribution in [0.25, 0.3) is 0 Å². The van der Waals surface area contributed by atoms with E-state index in [9.17, 15) is 0 Å². The minimum atomic E-state index is 1.16. The highest BCUT2D eigenvalue weighted by atomic mass is 14.7. The van der Waals surface area contributed by atoms with E-state index >= 15 is 0 Å². The van der Waals surface area contributed by atoms with Gasteiger partial charge in [-0.15, -0.1) is 0 Å². The Hall–Kier alpha value is -0.850. The molecule has 1 aromatic rings. The van der Waals surface area contributed by atoms with Crippen LogP contribution >= 0.6 is 0 Å². The first-order valence-electron chi connectivity index (χ1n) is 8.66.